The number of pyridine rings is 2. The van der Waals surface area contributed by atoms with Crippen LogP contribution in [0.3, 0.4) is 0 Å². The van der Waals surface area contributed by atoms with E-state index in [0.29, 0.717) is 10.0 Å². The van der Waals surface area contributed by atoms with Crippen LogP contribution >= 0.6 is 23.2 Å². The standard InChI is InChI=1S/C30H37Cl2N5/c1-2-3-4-5-6-7-18-37(19-16-35-27-12-14-33-29-21-23(31)8-10-25(27)29)20-17-36-28-13-15-34-30-22-24(32)9-11-26(28)30/h8-15,21-22H,2-7,16-20H2,1H3,(H,33,35)(H,34,36). The van der Waals surface area contributed by atoms with Crippen LogP contribution in [0.5, 0.6) is 0 Å². The van der Waals surface area contributed by atoms with Gasteiger partial charge in [-0.2, -0.15) is 0 Å². The zero-order chi connectivity index (χ0) is 25.9. The minimum atomic E-state index is 0.708. The first-order valence-corrected chi connectivity index (χ1v) is 14.2. The average molecular weight is 539 g/mol. The number of unbranched alkanes of at least 4 members (excludes halogenated alkanes) is 5. The quantitative estimate of drug-likeness (QED) is 0.149. The van der Waals surface area contributed by atoms with Crippen LogP contribution in [0.2, 0.25) is 10.0 Å². The van der Waals surface area contributed by atoms with E-state index in [1.807, 2.05) is 60.9 Å². The summed E-state index contributed by atoms with van der Waals surface area (Å²) in [5, 5.41) is 10.9. The van der Waals surface area contributed by atoms with E-state index in [-0.39, 0.29) is 0 Å². The largest absolute Gasteiger partial charge is 0.383 e. The Morgan fingerprint density at radius 1 is 0.649 bits per heavy atom. The lowest BCUT2D eigenvalue weighted by Crippen LogP contribution is -2.34. The number of aromatic nitrogens is 2. The minimum absolute atomic E-state index is 0.708. The predicted octanol–water partition coefficient (Wildman–Crippen LogP) is 8.28. The van der Waals surface area contributed by atoms with Crippen LogP contribution < -0.4 is 10.6 Å². The van der Waals surface area contributed by atoms with Gasteiger partial charge in [0.1, 0.15) is 0 Å². The van der Waals surface area contributed by atoms with E-state index >= 15 is 0 Å². The maximum absolute atomic E-state index is 6.15. The lowest BCUT2D eigenvalue weighted by atomic mass is 10.1. The minimum Gasteiger partial charge on any atom is -0.383 e. The average Bonchev–Trinajstić information content (AvgIpc) is 2.90. The summed E-state index contributed by atoms with van der Waals surface area (Å²) in [7, 11) is 0. The van der Waals surface area contributed by atoms with E-state index in [1.165, 1.54) is 38.5 Å². The highest BCUT2D eigenvalue weighted by Gasteiger charge is 2.08. The van der Waals surface area contributed by atoms with Crippen LogP contribution in [-0.4, -0.2) is 47.6 Å². The summed E-state index contributed by atoms with van der Waals surface area (Å²) in [6.07, 6.45) is 11.5. The smallest absolute Gasteiger partial charge is 0.0737 e. The highest BCUT2D eigenvalue weighted by Crippen LogP contribution is 2.25. The number of nitrogens with one attached hydrogen (secondary N) is 2. The number of fused-ring (bicyclic) bond motifs is 2. The second kappa shape index (κ2) is 14.4. The highest BCUT2D eigenvalue weighted by molar-refractivity contribution is 6.31. The maximum Gasteiger partial charge on any atom is 0.0737 e. The molecule has 2 N–H and O–H groups in total. The second-order valence-corrected chi connectivity index (χ2v) is 10.4. The van der Waals surface area contributed by atoms with Gasteiger partial charge in [-0.3, -0.25) is 14.9 Å². The van der Waals surface area contributed by atoms with Gasteiger partial charge in [-0.1, -0.05) is 62.2 Å². The lowest BCUT2D eigenvalue weighted by Gasteiger charge is -2.23. The van der Waals surface area contributed by atoms with Gasteiger partial charge in [0.05, 0.1) is 11.0 Å². The summed E-state index contributed by atoms with van der Waals surface area (Å²) in [6, 6.07) is 15.8. The van der Waals surface area contributed by atoms with Crippen LogP contribution in [0.15, 0.2) is 60.9 Å². The number of halogens is 2. The summed E-state index contributed by atoms with van der Waals surface area (Å²) in [6.45, 7) is 7.06. The van der Waals surface area contributed by atoms with Gasteiger partial charge in [0, 0.05) is 70.8 Å². The van der Waals surface area contributed by atoms with Gasteiger partial charge < -0.3 is 10.6 Å². The maximum atomic E-state index is 6.15. The van der Waals surface area contributed by atoms with E-state index in [4.69, 9.17) is 23.2 Å². The van der Waals surface area contributed by atoms with Crippen molar-refractivity contribution < 1.29 is 0 Å². The number of rotatable bonds is 15. The fourth-order valence-electron chi connectivity index (χ4n) is 4.70. The van der Waals surface area contributed by atoms with E-state index in [1.54, 1.807) is 0 Å². The summed E-state index contributed by atoms with van der Waals surface area (Å²) >= 11 is 12.3. The Kier molecular flexibility index (Phi) is 10.7. The first-order valence-electron chi connectivity index (χ1n) is 13.4. The van der Waals surface area contributed by atoms with Crippen molar-refractivity contribution in [2.75, 3.05) is 43.4 Å². The third-order valence-corrected chi connectivity index (χ3v) is 7.19. The molecule has 0 aliphatic carbocycles. The molecule has 4 rings (SSSR count). The van der Waals surface area contributed by atoms with Crippen molar-refractivity contribution >= 4 is 56.4 Å². The molecule has 0 radical (unpaired) electrons. The Labute approximate surface area is 230 Å². The third kappa shape index (κ3) is 8.19. The fourth-order valence-corrected chi connectivity index (χ4v) is 5.03. The molecule has 2 aromatic carbocycles. The predicted molar refractivity (Wildman–Crippen MR) is 160 cm³/mol. The van der Waals surface area contributed by atoms with Crippen molar-refractivity contribution in [3.05, 3.63) is 71.0 Å². The molecule has 0 saturated carbocycles. The Bertz CT molecular complexity index is 1190. The molecule has 0 aliphatic heterocycles. The summed E-state index contributed by atoms with van der Waals surface area (Å²) in [5.41, 5.74) is 4.02. The van der Waals surface area contributed by atoms with Crippen LogP contribution in [-0.2, 0) is 0 Å². The molecule has 5 nitrogen and oxygen atoms in total. The molecule has 37 heavy (non-hydrogen) atoms. The molecule has 0 fully saturated rings. The molecule has 0 unspecified atom stereocenters. The van der Waals surface area contributed by atoms with Crippen molar-refractivity contribution in [2.45, 2.75) is 45.4 Å². The van der Waals surface area contributed by atoms with Crippen molar-refractivity contribution in [3.8, 4) is 0 Å². The molecule has 0 bridgehead atoms. The van der Waals surface area contributed by atoms with Crippen LogP contribution in [0.4, 0.5) is 11.4 Å². The van der Waals surface area contributed by atoms with Crippen molar-refractivity contribution in [1.29, 1.82) is 0 Å². The topological polar surface area (TPSA) is 53.1 Å². The molecule has 4 aromatic rings. The van der Waals surface area contributed by atoms with Gasteiger partial charge in [-0.15, -0.1) is 0 Å². The summed E-state index contributed by atoms with van der Waals surface area (Å²) in [4.78, 5) is 11.5. The molecular formula is C30H37Cl2N5. The van der Waals surface area contributed by atoms with Crippen molar-refractivity contribution in [1.82, 2.24) is 14.9 Å². The van der Waals surface area contributed by atoms with Gasteiger partial charge in [-0.05, 0) is 61.5 Å². The molecule has 0 amide bonds. The number of nitrogens with zero attached hydrogens (tertiary/aromatic N) is 3. The second-order valence-electron chi connectivity index (χ2n) is 9.50. The molecule has 7 heteroatoms. The molecule has 2 heterocycles. The molecule has 2 aromatic heterocycles. The lowest BCUT2D eigenvalue weighted by molar-refractivity contribution is 0.286. The molecule has 0 saturated heterocycles. The highest BCUT2D eigenvalue weighted by atomic mass is 35.5. The Morgan fingerprint density at radius 3 is 1.70 bits per heavy atom. The van der Waals surface area contributed by atoms with E-state index in [9.17, 15) is 0 Å². The van der Waals surface area contributed by atoms with Crippen LogP contribution in [0.1, 0.15) is 45.4 Å². The number of benzene rings is 2. The fraction of sp³-hybridized carbons (Fsp3) is 0.400. The van der Waals surface area contributed by atoms with Crippen LogP contribution in [0, 0.1) is 0 Å². The number of anilines is 2. The first kappa shape index (κ1) is 27.4. The molecular weight excluding hydrogens is 501 g/mol. The molecule has 196 valence electrons. The summed E-state index contributed by atoms with van der Waals surface area (Å²) < 4.78 is 0. The van der Waals surface area contributed by atoms with Crippen molar-refractivity contribution in [3.63, 3.8) is 0 Å². The van der Waals surface area contributed by atoms with Gasteiger partial charge in [0.15, 0.2) is 0 Å². The van der Waals surface area contributed by atoms with E-state index in [2.05, 4.69) is 32.4 Å². The number of hydrogen-bond donors (Lipinski definition) is 2. The molecule has 0 spiro atoms. The SMILES string of the molecule is CCCCCCCCN(CCNc1ccnc2cc(Cl)ccc12)CCNc1ccnc2cc(Cl)ccc12. The Morgan fingerprint density at radius 2 is 1.16 bits per heavy atom. The van der Waals surface area contributed by atoms with Gasteiger partial charge in [0.2, 0.25) is 0 Å². The van der Waals surface area contributed by atoms with E-state index < -0.39 is 0 Å². The zero-order valence-electron chi connectivity index (χ0n) is 21.6. The summed E-state index contributed by atoms with van der Waals surface area (Å²) in [5.74, 6) is 0. The molecule has 0 atom stereocenters. The Balaban J connectivity index is 1.33. The van der Waals surface area contributed by atoms with Gasteiger partial charge in [-0.25, -0.2) is 0 Å². The zero-order valence-corrected chi connectivity index (χ0v) is 23.2. The first-order chi connectivity index (χ1) is 18.1. The van der Waals surface area contributed by atoms with Crippen molar-refractivity contribution in [2.24, 2.45) is 0 Å². The van der Waals surface area contributed by atoms with Gasteiger partial charge >= 0.3 is 0 Å². The Hall–Kier alpha value is -2.60. The van der Waals surface area contributed by atoms with E-state index in [0.717, 1.165) is 65.9 Å². The number of hydrogen-bond acceptors (Lipinski definition) is 5. The third-order valence-electron chi connectivity index (χ3n) is 6.72. The monoisotopic (exact) mass is 537 g/mol. The van der Waals surface area contributed by atoms with Gasteiger partial charge in [0.25, 0.3) is 0 Å². The normalized spacial score (nSPS) is 11.5. The van der Waals surface area contributed by atoms with Crippen LogP contribution in [0.25, 0.3) is 21.8 Å². The molecule has 0 aliphatic rings.